The van der Waals surface area contributed by atoms with Crippen LogP contribution in [0.4, 0.5) is 11.5 Å². The fraction of sp³-hybridized carbons (Fsp3) is 0.161. The molecule has 0 atom stereocenters. The Balaban J connectivity index is 0.00000127. The minimum Gasteiger partial charge on any atom is -0.464 e. The number of ether oxygens (including phenoxy) is 1. The number of anilines is 2. The van der Waals surface area contributed by atoms with Gasteiger partial charge in [-0.2, -0.15) is 0 Å². The van der Waals surface area contributed by atoms with Gasteiger partial charge in [-0.1, -0.05) is 36.4 Å². The van der Waals surface area contributed by atoms with Crippen molar-refractivity contribution in [2.24, 2.45) is 5.73 Å². The number of hydrogen-bond acceptors (Lipinski definition) is 7. The molecule has 2 aromatic carbocycles. The average Bonchev–Trinajstić information content (AvgIpc) is 3.30. The Morgan fingerprint density at radius 2 is 1.63 bits per heavy atom. The molecule has 0 spiro atoms. The van der Waals surface area contributed by atoms with Gasteiger partial charge in [0.2, 0.25) is 0 Å². The molecule has 1 fully saturated rings. The lowest BCUT2D eigenvalue weighted by molar-refractivity contribution is 0.0594. The number of nitrogens with two attached hydrogens (primary N) is 1. The Morgan fingerprint density at radius 3 is 2.28 bits per heavy atom. The number of methoxy groups -OCH3 is 1. The summed E-state index contributed by atoms with van der Waals surface area (Å²) in [6.45, 7) is 0. The van der Waals surface area contributed by atoms with Gasteiger partial charge in [-0.15, -0.1) is 49.6 Å². The van der Waals surface area contributed by atoms with Crippen molar-refractivity contribution in [3.05, 3.63) is 96.4 Å². The van der Waals surface area contributed by atoms with Crippen LogP contribution < -0.4 is 11.1 Å². The molecule has 0 saturated heterocycles. The van der Waals surface area contributed by atoms with E-state index in [1.54, 1.807) is 18.5 Å². The largest absolute Gasteiger partial charge is 0.464 e. The van der Waals surface area contributed by atoms with Crippen LogP contribution >= 0.6 is 49.6 Å². The molecule has 43 heavy (non-hydrogen) atoms. The summed E-state index contributed by atoms with van der Waals surface area (Å²) in [4.78, 5) is 26.3. The van der Waals surface area contributed by atoms with E-state index in [1.807, 2.05) is 36.4 Å². The number of carbonyl (C=O) groups excluding carboxylic acids is 1. The highest BCUT2D eigenvalue weighted by Crippen LogP contribution is 2.45. The predicted octanol–water partition coefficient (Wildman–Crippen LogP) is 7.53. The second-order valence-electron chi connectivity index (χ2n) is 10.0. The summed E-state index contributed by atoms with van der Waals surface area (Å²) >= 11 is 0. The number of rotatable bonds is 4. The molecule has 2 aliphatic rings. The lowest BCUT2D eigenvalue weighted by Gasteiger charge is -2.38. The molecule has 5 aromatic rings. The summed E-state index contributed by atoms with van der Waals surface area (Å²) in [5.74, 6) is 1.04. The van der Waals surface area contributed by atoms with E-state index in [1.165, 1.54) is 7.11 Å². The van der Waals surface area contributed by atoms with Gasteiger partial charge in [0.05, 0.1) is 29.9 Å². The molecule has 0 amide bonds. The second-order valence-corrected chi connectivity index (χ2v) is 10.0. The normalized spacial score (nSPS) is 13.3. The van der Waals surface area contributed by atoms with Crippen LogP contribution in [0.15, 0.2) is 85.2 Å². The Morgan fingerprint density at radius 1 is 0.907 bits per heavy atom. The second kappa shape index (κ2) is 13.3. The maximum absolute atomic E-state index is 12.0. The molecule has 0 bridgehead atoms. The number of aromatic nitrogens is 4. The summed E-state index contributed by atoms with van der Waals surface area (Å²) in [5.41, 5.74) is 14.0. The molecule has 3 aromatic heterocycles. The van der Waals surface area contributed by atoms with E-state index in [0.717, 1.165) is 75.9 Å². The van der Waals surface area contributed by atoms with Crippen molar-refractivity contribution in [2.75, 3.05) is 12.4 Å². The van der Waals surface area contributed by atoms with Gasteiger partial charge in [0.15, 0.2) is 5.82 Å². The number of nitrogens with one attached hydrogen (secondary N) is 1. The third kappa shape index (κ3) is 5.69. The number of esters is 1. The minimum absolute atomic E-state index is 0. The van der Waals surface area contributed by atoms with E-state index in [0.29, 0.717) is 0 Å². The van der Waals surface area contributed by atoms with Crippen molar-refractivity contribution in [3.63, 3.8) is 0 Å². The summed E-state index contributed by atoms with van der Waals surface area (Å²) in [7, 11) is 1.35. The van der Waals surface area contributed by atoms with Gasteiger partial charge in [0.25, 0.3) is 0 Å². The van der Waals surface area contributed by atoms with E-state index in [2.05, 4.69) is 50.2 Å². The van der Waals surface area contributed by atoms with Crippen LogP contribution in [0.3, 0.4) is 0 Å². The first-order valence-corrected chi connectivity index (χ1v) is 12.9. The number of pyridine rings is 2. The van der Waals surface area contributed by atoms with Crippen LogP contribution in [0.5, 0.6) is 0 Å². The third-order valence-electron chi connectivity index (χ3n) is 7.74. The number of fused-ring (bicyclic) bond motifs is 5. The Labute approximate surface area is 274 Å². The molecular formula is C31H30Cl4N6O2. The molecule has 7 rings (SSSR count). The fourth-order valence-electron chi connectivity index (χ4n) is 5.46. The molecule has 1 saturated carbocycles. The van der Waals surface area contributed by atoms with Crippen molar-refractivity contribution >= 4 is 67.1 Å². The van der Waals surface area contributed by atoms with Gasteiger partial charge in [-0.25, -0.2) is 19.7 Å². The molecule has 0 radical (unpaired) electrons. The van der Waals surface area contributed by atoms with Crippen molar-refractivity contribution in [1.29, 1.82) is 0 Å². The van der Waals surface area contributed by atoms with Gasteiger partial charge >= 0.3 is 5.97 Å². The highest BCUT2D eigenvalue weighted by atomic mass is 35.5. The summed E-state index contributed by atoms with van der Waals surface area (Å²) < 4.78 is 6.99. The molecule has 4 heterocycles. The number of benzene rings is 2. The van der Waals surface area contributed by atoms with Crippen molar-refractivity contribution in [2.45, 2.75) is 24.8 Å². The smallest absolute Gasteiger partial charge is 0.356 e. The third-order valence-corrected chi connectivity index (χ3v) is 7.74. The van der Waals surface area contributed by atoms with Crippen LogP contribution in [0, 0.1) is 0 Å². The van der Waals surface area contributed by atoms with Gasteiger partial charge in [-0.05, 0) is 61.2 Å². The van der Waals surface area contributed by atoms with Crippen molar-refractivity contribution in [3.8, 4) is 39.6 Å². The molecule has 8 nitrogen and oxygen atoms in total. The zero-order chi connectivity index (χ0) is 26.6. The van der Waals surface area contributed by atoms with Crippen LogP contribution in [-0.4, -0.2) is 32.6 Å². The molecular weight excluding hydrogens is 630 g/mol. The fourth-order valence-corrected chi connectivity index (χ4v) is 5.46. The number of imidazole rings is 1. The molecule has 1 aliphatic heterocycles. The van der Waals surface area contributed by atoms with E-state index < -0.39 is 5.97 Å². The van der Waals surface area contributed by atoms with Gasteiger partial charge in [0, 0.05) is 34.6 Å². The first kappa shape index (κ1) is 33.8. The Kier molecular flexibility index (Phi) is 10.5. The molecule has 0 unspecified atom stereocenters. The number of halogens is 4. The molecule has 224 valence electrons. The Hall–Kier alpha value is -3.66. The quantitative estimate of drug-likeness (QED) is 0.188. The van der Waals surface area contributed by atoms with E-state index in [-0.39, 0.29) is 60.9 Å². The first-order valence-electron chi connectivity index (χ1n) is 12.9. The van der Waals surface area contributed by atoms with E-state index >= 15 is 0 Å². The maximum atomic E-state index is 12.0. The lowest BCUT2D eigenvalue weighted by atomic mass is 9.72. The number of carbonyl (C=O) groups is 1. The monoisotopic (exact) mass is 658 g/mol. The van der Waals surface area contributed by atoms with Crippen LogP contribution in [0.2, 0.25) is 0 Å². The van der Waals surface area contributed by atoms with Crippen LogP contribution in [0.1, 0.15) is 35.3 Å². The number of nitrogens with zero attached hydrogens (tertiary/aromatic N) is 4. The number of hydrogen-bond donors (Lipinski definition) is 2. The summed E-state index contributed by atoms with van der Waals surface area (Å²) in [6, 6.07) is 24.1. The first-order chi connectivity index (χ1) is 19.1. The Bertz CT molecular complexity index is 1740. The van der Waals surface area contributed by atoms with Crippen molar-refractivity contribution in [1.82, 2.24) is 19.5 Å². The van der Waals surface area contributed by atoms with Gasteiger partial charge in [0.1, 0.15) is 11.5 Å². The highest BCUT2D eigenvalue weighted by molar-refractivity contribution is 5.92. The average molecular weight is 660 g/mol. The van der Waals surface area contributed by atoms with Gasteiger partial charge < -0.3 is 15.8 Å². The van der Waals surface area contributed by atoms with Gasteiger partial charge in [-0.3, -0.25) is 4.57 Å². The topological polar surface area (TPSA) is 108 Å². The number of para-hydroxylation sites is 1. The lowest BCUT2D eigenvalue weighted by Crippen LogP contribution is -2.43. The van der Waals surface area contributed by atoms with E-state index in [9.17, 15) is 4.79 Å². The summed E-state index contributed by atoms with van der Waals surface area (Å²) in [6.07, 6.45) is 6.60. The maximum Gasteiger partial charge on any atom is 0.356 e. The highest BCUT2D eigenvalue weighted by Gasteiger charge is 2.34. The predicted molar refractivity (Wildman–Crippen MR) is 179 cm³/mol. The zero-order valence-electron chi connectivity index (χ0n) is 23.0. The standard InChI is InChI=1S/C31H26N6O2.4ClH/c1-39-30(38)24-14-11-20(18-34-24)26-27(19-9-12-21(13-10-19)31(32)15-5-16-31)37-25-8-4-17-33-28(25)35-23-7-3-2-6-22(23)29(37)36-26;;;;/h2-4,6-14,17-18H,5,15-16,32H2,1H3,(H,33,35);4*1H. The van der Waals surface area contributed by atoms with Crippen molar-refractivity contribution < 1.29 is 9.53 Å². The SMILES string of the molecule is COC(=O)c1ccc(-c2nc3n(c2-c2ccc(C4(N)CCC4)cc2)-c2cccnc2Nc2ccccc2-3)cn1.Cl.Cl.Cl.Cl. The molecule has 12 heteroatoms. The zero-order valence-corrected chi connectivity index (χ0v) is 26.3. The van der Waals surface area contributed by atoms with E-state index in [4.69, 9.17) is 15.5 Å². The minimum atomic E-state index is -0.482. The molecule has 3 N–H and O–H groups in total. The van der Waals surface area contributed by atoms with Crippen LogP contribution in [-0.2, 0) is 10.3 Å². The summed E-state index contributed by atoms with van der Waals surface area (Å²) in [5, 5.41) is 3.49. The van der Waals surface area contributed by atoms with Crippen LogP contribution in [0.25, 0.3) is 39.6 Å². The molecule has 1 aliphatic carbocycles.